The molecule has 1 heterocycles. The first-order valence-electron chi connectivity index (χ1n) is 10.1. The number of nitrogens with two attached hydrogens (primary N) is 1. The van der Waals surface area contributed by atoms with Gasteiger partial charge >= 0.3 is 0 Å². The molecule has 1 unspecified atom stereocenters. The molecule has 2 aromatic carbocycles. The maximum Gasteiger partial charge on any atom is 0.262 e. The smallest absolute Gasteiger partial charge is 0.262 e. The van der Waals surface area contributed by atoms with Crippen molar-refractivity contribution in [3.05, 3.63) is 69.8 Å². The highest BCUT2D eigenvalue weighted by atomic mass is 35.5. The summed E-state index contributed by atoms with van der Waals surface area (Å²) in [5, 5.41) is 8.18. The number of carbonyl (C=O) groups is 3. The Morgan fingerprint density at radius 1 is 1.12 bits per heavy atom. The summed E-state index contributed by atoms with van der Waals surface area (Å²) in [6.07, 6.45) is 3.22. The second-order valence-electron chi connectivity index (χ2n) is 7.75. The van der Waals surface area contributed by atoms with E-state index < -0.39 is 23.8 Å². The molecule has 10 heteroatoms. The highest BCUT2D eigenvalue weighted by Crippen LogP contribution is 2.23. The number of hydrazone groups is 1. The Hall–Kier alpha value is -3.36. The molecule has 0 fully saturated rings. The van der Waals surface area contributed by atoms with E-state index in [0.717, 1.165) is 10.9 Å². The van der Waals surface area contributed by atoms with E-state index in [1.54, 1.807) is 24.6 Å². The number of para-hydroxylation sites is 1. The summed E-state index contributed by atoms with van der Waals surface area (Å²) in [6.45, 7) is 3.64. The SMILES string of the molecule is CC(C)C(NC(=O)c1ccc(Cl)c(Cl)c1)C(=O)NN=Cc1cn(CC(N)=O)c2ccccc12. The maximum absolute atomic E-state index is 12.7. The third kappa shape index (κ3) is 5.91. The van der Waals surface area contributed by atoms with Gasteiger partial charge in [0.15, 0.2) is 0 Å². The van der Waals surface area contributed by atoms with E-state index in [2.05, 4.69) is 15.8 Å². The molecule has 3 amide bonds. The Kier molecular flexibility index (Phi) is 7.73. The lowest BCUT2D eigenvalue weighted by atomic mass is 10.0. The van der Waals surface area contributed by atoms with Gasteiger partial charge in [0.1, 0.15) is 12.6 Å². The fraction of sp³-hybridized carbons (Fsp3) is 0.217. The molecule has 0 saturated carbocycles. The lowest BCUT2D eigenvalue weighted by molar-refractivity contribution is -0.124. The van der Waals surface area contributed by atoms with Crippen LogP contribution >= 0.6 is 23.2 Å². The summed E-state index contributed by atoms with van der Waals surface area (Å²) >= 11 is 11.9. The number of fused-ring (bicyclic) bond motifs is 1. The average Bonchev–Trinajstić information content (AvgIpc) is 3.10. The van der Waals surface area contributed by atoms with Crippen molar-refractivity contribution in [3.63, 3.8) is 0 Å². The molecule has 0 aliphatic carbocycles. The third-order valence-corrected chi connectivity index (χ3v) is 5.68. The first-order chi connectivity index (χ1) is 15.7. The number of carbonyl (C=O) groups excluding carboxylic acids is 3. The van der Waals surface area contributed by atoms with Crippen molar-refractivity contribution >= 4 is 58.0 Å². The molecule has 0 bridgehead atoms. The van der Waals surface area contributed by atoms with Crippen LogP contribution in [0.4, 0.5) is 0 Å². The Labute approximate surface area is 200 Å². The summed E-state index contributed by atoms with van der Waals surface area (Å²) in [5.41, 5.74) is 9.60. The van der Waals surface area contributed by atoms with Gasteiger partial charge in [-0.3, -0.25) is 14.4 Å². The van der Waals surface area contributed by atoms with Crippen LogP contribution in [0.25, 0.3) is 10.9 Å². The molecule has 0 aliphatic rings. The number of halogens is 2. The van der Waals surface area contributed by atoms with Gasteiger partial charge in [0, 0.05) is 28.2 Å². The molecule has 8 nitrogen and oxygen atoms in total. The van der Waals surface area contributed by atoms with Crippen molar-refractivity contribution in [2.75, 3.05) is 0 Å². The molecule has 0 spiro atoms. The largest absolute Gasteiger partial charge is 0.368 e. The molecule has 1 aromatic heterocycles. The first-order valence-corrected chi connectivity index (χ1v) is 10.9. The van der Waals surface area contributed by atoms with Gasteiger partial charge < -0.3 is 15.6 Å². The highest BCUT2D eigenvalue weighted by molar-refractivity contribution is 6.42. The van der Waals surface area contributed by atoms with E-state index in [-0.39, 0.29) is 23.0 Å². The molecule has 3 rings (SSSR count). The number of hydrogen-bond donors (Lipinski definition) is 3. The minimum Gasteiger partial charge on any atom is -0.368 e. The molecule has 3 aromatic rings. The highest BCUT2D eigenvalue weighted by Gasteiger charge is 2.24. The van der Waals surface area contributed by atoms with Crippen molar-refractivity contribution in [2.24, 2.45) is 16.8 Å². The summed E-state index contributed by atoms with van der Waals surface area (Å²) < 4.78 is 1.72. The first kappa shape index (κ1) is 24.3. The summed E-state index contributed by atoms with van der Waals surface area (Å²) in [6, 6.07) is 11.1. The molecular formula is C23H23Cl2N5O3. The predicted octanol–water partition coefficient (Wildman–Crippen LogP) is 3.34. The second-order valence-corrected chi connectivity index (χ2v) is 8.57. The van der Waals surface area contributed by atoms with Crippen LogP contribution in [-0.4, -0.2) is 34.5 Å². The van der Waals surface area contributed by atoms with E-state index >= 15 is 0 Å². The third-order valence-electron chi connectivity index (χ3n) is 4.94. The van der Waals surface area contributed by atoms with E-state index in [0.29, 0.717) is 10.6 Å². The Bertz CT molecular complexity index is 1240. The van der Waals surface area contributed by atoms with Gasteiger partial charge in [-0.15, -0.1) is 0 Å². The normalized spacial score (nSPS) is 12.3. The van der Waals surface area contributed by atoms with Crippen molar-refractivity contribution < 1.29 is 14.4 Å². The molecule has 0 saturated heterocycles. The summed E-state index contributed by atoms with van der Waals surface area (Å²) in [7, 11) is 0. The number of benzene rings is 2. The number of rotatable bonds is 8. The lowest BCUT2D eigenvalue weighted by Gasteiger charge is -2.20. The topological polar surface area (TPSA) is 119 Å². The minimum absolute atomic E-state index is 0.0247. The standard InChI is InChI=1S/C23H23Cl2N5O3/c1-13(2)21(28-22(32)14-7-8-17(24)18(25)9-14)23(33)29-27-10-15-11-30(12-20(26)31)19-6-4-3-5-16(15)19/h3-11,13,21H,12H2,1-2H3,(H2,26,31)(H,28,32)(H,29,33). The number of aromatic nitrogens is 1. The van der Waals surface area contributed by atoms with Crippen LogP contribution in [0.5, 0.6) is 0 Å². The molecule has 0 aliphatic heterocycles. The maximum atomic E-state index is 12.7. The van der Waals surface area contributed by atoms with Crippen LogP contribution in [-0.2, 0) is 16.1 Å². The molecule has 0 radical (unpaired) electrons. The van der Waals surface area contributed by atoms with Crippen LogP contribution in [0.2, 0.25) is 10.0 Å². The Balaban J connectivity index is 1.73. The van der Waals surface area contributed by atoms with Gasteiger partial charge in [-0.1, -0.05) is 55.2 Å². The Morgan fingerprint density at radius 3 is 2.52 bits per heavy atom. The van der Waals surface area contributed by atoms with Crippen molar-refractivity contribution in [1.82, 2.24) is 15.3 Å². The number of nitrogens with zero attached hydrogens (tertiary/aromatic N) is 2. The van der Waals surface area contributed by atoms with Crippen LogP contribution in [0.1, 0.15) is 29.8 Å². The second kappa shape index (κ2) is 10.5. The van der Waals surface area contributed by atoms with Crippen molar-refractivity contribution in [2.45, 2.75) is 26.4 Å². The fourth-order valence-electron chi connectivity index (χ4n) is 3.31. The quantitative estimate of drug-likeness (QED) is 0.333. The lowest BCUT2D eigenvalue weighted by Crippen LogP contribution is -2.48. The molecule has 1 atom stereocenters. The van der Waals surface area contributed by atoms with Gasteiger partial charge in [0.05, 0.1) is 16.3 Å². The zero-order valence-electron chi connectivity index (χ0n) is 18.0. The number of primary amides is 1. The van der Waals surface area contributed by atoms with E-state index in [1.807, 2.05) is 24.3 Å². The number of amides is 3. The van der Waals surface area contributed by atoms with Crippen LogP contribution in [0, 0.1) is 5.92 Å². The number of hydrogen-bond acceptors (Lipinski definition) is 4. The van der Waals surface area contributed by atoms with Crippen molar-refractivity contribution in [1.29, 1.82) is 0 Å². The number of nitrogens with one attached hydrogen (secondary N) is 2. The Morgan fingerprint density at radius 2 is 1.85 bits per heavy atom. The van der Waals surface area contributed by atoms with Crippen molar-refractivity contribution in [3.8, 4) is 0 Å². The zero-order valence-corrected chi connectivity index (χ0v) is 19.5. The fourth-order valence-corrected chi connectivity index (χ4v) is 3.61. The predicted molar refractivity (Wildman–Crippen MR) is 129 cm³/mol. The summed E-state index contributed by atoms with van der Waals surface area (Å²) in [5.74, 6) is -1.61. The van der Waals surface area contributed by atoms with Gasteiger partial charge in [0.2, 0.25) is 5.91 Å². The molecule has 172 valence electrons. The van der Waals surface area contributed by atoms with Crippen LogP contribution in [0.15, 0.2) is 53.8 Å². The molecule has 33 heavy (non-hydrogen) atoms. The van der Waals surface area contributed by atoms with Crippen LogP contribution < -0.4 is 16.5 Å². The zero-order chi connectivity index (χ0) is 24.1. The van der Waals surface area contributed by atoms with E-state index in [9.17, 15) is 14.4 Å². The van der Waals surface area contributed by atoms with E-state index in [4.69, 9.17) is 28.9 Å². The van der Waals surface area contributed by atoms with E-state index in [1.165, 1.54) is 24.4 Å². The molecular weight excluding hydrogens is 465 g/mol. The van der Waals surface area contributed by atoms with Gasteiger partial charge in [-0.05, 0) is 30.2 Å². The average molecular weight is 488 g/mol. The minimum atomic E-state index is -0.833. The molecule has 4 N–H and O–H groups in total. The van der Waals surface area contributed by atoms with Gasteiger partial charge in [0.25, 0.3) is 11.8 Å². The van der Waals surface area contributed by atoms with Gasteiger partial charge in [-0.2, -0.15) is 5.10 Å². The van der Waals surface area contributed by atoms with Crippen LogP contribution in [0.3, 0.4) is 0 Å². The monoisotopic (exact) mass is 487 g/mol. The summed E-state index contributed by atoms with van der Waals surface area (Å²) in [4.78, 5) is 36.7. The van der Waals surface area contributed by atoms with Gasteiger partial charge in [-0.25, -0.2) is 5.43 Å².